The van der Waals surface area contributed by atoms with Crippen LogP contribution in [-0.4, -0.2) is 53.8 Å². The monoisotopic (exact) mass is 355 g/mol. The zero-order valence-electron chi connectivity index (χ0n) is 11.3. The molecule has 2 saturated heterocycles. The fraction of sp³-hybridized carbons (Fsp3) is 0.429. The van der Waals surface area contributed by atoms with E-state index in [1.54, 1.807) is 17.0 Å². The Labute approximate surface area is 130 Å². The normalized spacial score (nSPS) is 22.5. The van der Waals surface area contributed by atoms with Crippen molar-refractivity contribution in [1.82, 2.24) is 15.1 Å². The summed E-state index contributed by atoms with van der Waals surface area (Å²) in [6, 6.07) is 4.57. The van der Waals surface area contributed by atoms with E-state index in [-0.39, 0.29) is 18.4 Å². The number of carbonyl (C=O) groups is 2. The molecule has 2 aliphatic rings. The van der Waals surface area contributed by atoms with Gasteiger partial charge in [-0.15, -0.1) is 0 Å². The zero-order chi connectivity index (χ0) is 15.0. The quantitative estimate of drug-likeness (QED) is 0.795. The lowest BCUT2D eigenvalue weighted by Gasteiger charge is -2.43. The molecular weight excluding hydrogens is 341 g/mol. The van der Waals surface area contributed by atoms with Crippen molar-refractivity contribution in [1.29, 1.82) is 0 Å². The second-order valence-electron chi connectivity index (χ2n) is 5.28. The number of hydrogen-bond donors (Lipinski definition) is 1. The Balaban J connectivity index is 1.80. The van der Waals surface area contributed by atoms with Gasteiger partial charge in [0, 0.05) is 42.8 Å². The summed E-state index contributed by atoms with van der Waals surface area (Å²) in [5.74, 6) is -1.40. The number of halogens is 2. The van der Waals surface area contributed by atoms with Crippen molar-refractivity contribution in [3.05, 3.63) is 34.1 Å². The van der Waals surface area contributed by atoms with E-state index in [0.29, 0.717) is 31.7 Å². The van der Waals surface area contributed by atoms with Crippen LogP contribution in [-0.2, 0) is 16.1 Å². The highest BCUT2D eigenvalue weighted by molar-refractivity contribution is 9.10. The molecule has 1 N–H and O–H groups in total. The highest BCUT2D eigenvalue weighted by Gasteiger charge is 2.40. The van der Waals surface area contributed by atoms with Crippen LogP contribution < -0.4 is 5.32 Å². The highest BCUT2D eigenvalue weighted by Crippen LogP contribution is 2.20. The summed E-state index contributed by atoms with van der Waals surface area (Å²) in [5.41, 5.74) is 0.405. The van der Waals surface area contributed by atoms with E-state index in [1.165, 1.54) is 11.0 Å². The topological polar surface area (TPSA) is 52.7 Å². The second kappa shape index (κ2) is 5.73. The van der Waals surface area contributed by atoms with Crippen LogP contribution in [0, 0.1) is 5.82 Å². The summed E-state index contributed by atoms with van der Waals surface area (Å²) in [6.45, 7) is 2.46. The van der Waals surface area contributed by atoms with Crippen LogP contribution in [0.5, 0.6) is 0 Å². The molecule has 2 heterocycles. The minimum atomic E-state index is -0.549. The van der Waals surface area contributed by atoms with Gasteiger partial charge in [-0.3, -0.25) is 9.59 Å². The summed E-state index contributed by atoms with van der Waals surface area (Å²) < 4.78 is 14.6. The Morgan fingerprint density at radius 3 is 2.95 bits per heavy atom. The molecule has 0 spiro atoms. The molecule has 1 aromatic rings. The first kappa shape index (κ1) is 14.5. The summed E-state index contributed by atoms with van der Waals surface area (Å²) in [7, 11) is 0. The maximum Gasteiger partial charge on any atom is 0.312 e. The Bertz CT molecular complexity index is 596. The number of benzene rings is 1. The molecule has 2 amide bonds. The third-order valence-electron chi connectivity index (χ3n) is 3.88. The van der Waals surface area contributed by atoms with Crippen LogP contribution in [0.25, 0.3) is 0 Å². The van der Waals surface area contributed by atoms with E-state index in [4.69, 9.17) is 0 Å². The highest BCUT2D eigenvalue weighted by atomic mass is 79.9. The molecule has 5 nitrogen and oxygen atoms in total. The van der Waals surface area contributed by atoms with Gasteiger partial charge in [-0.25, -0.2) is 4.39 Å². The molecular formula is C14H15BrFN3O2. The number of rotatable bonds is 2. The first-order valence-electron chi connectivity index (χ1n) is 6.81. The molecule has 7 heteroatoms. The van der Waals surface area contributed by atoms with Gasteiger partial charge in [-0.1, -0.05) is 15.9 Å². The van der Waals surface area contributed by atoms with Crippen molar-refractivity contribution < 1.29 is 14.0 Å². The maximum atomic E-state index is 13.8. The predicted octanol–water partition coefficient (Wildman–Crippen LogP) is 0.731. The number of fused-ring (bicyclic) bond motifs is 1. The molecule has 0 aromatic heterocycles. The van der Waals surface area contributed by atoms with Crippen molar-refractivity contribution in [3.63, 3.8) is 0 Å². The minimum Gasteiger partial charge on any atom is -0.328 e. The lowest BCUT2D eigenvalue weighted by molar-refractivity contribution is -0.160. The maximum absolute atomic E-state index is 13.8. The van der Waals surface area contributed by atoms with Crippen LogP contribution >= 0.6 is 15.9 Å². The van der Waals surface area contributed by atoms with Crippen molar-refractivity contribution in [2.24, 2.45) is 0 Å². The first-order valence-corrected chi connectivity index (χ1v) is 7.60. The van der Waals surface area contributed by atoms with Gasteiger partial charge >= 0.3 is 11.8 Å². The van der Waals surface area contributed by atoms with Crippen LogP contribution in [0.2, 0.25) is 0 Å². The number of amides is 2. The third kappa shape index (κ3) is 2.80. The van der Waals surface area contributed by atoms with Crippen molar-refractivity contribution in [2.75, 3.05) is 26.2 Å². The van der Waals surface area contributed by atoms with E-state index < -0.39 is 11.8 Å². The van der Waals surface area contributed by atoms with Crippen molar-refractivity contribution >= 4 is 27.7 Å². The molecule has 1 unspecified atom stereocenters. The standard InChI is InChI=1S/C14H15BrFN3O2/c15-10-1-2-12(16)9(5-10)7-18-8-11-6-17-3-4-19(11)14(21)13(18)20/h1-2,5,11,17H,3-4,6-8H2. The van der Waals surface area contributed by atoms with Gasteiger partial charge in [0.1, 0.15) is 5.82 Å². The lowest BCUT2D eigenvalue weighted by atomic mass is 10.1. The number of piperazine rings is 2. The van der Waals surface area contributed by atoms with E-state index in [9.17, 15) is 14.0 Å². The summed E-state index contributed by atoms with van der Waals surface area (Å²) in [5, 5.41) is 3.21. The average molecular weight is 356 g/mol. The first-order chi connectivity index (χ1) is 10.1. The Morgan fingerprint density at radius 2 is 2.14 bits per heavy atom. The molecule has 2 fully saturated rings. The number of carbonyl (C=O) groups excluding carboxylic acids is 2. The van der Waals surface area contributed by atoms with E-state index in [2.05, 4.69) is 21.2 Å². The van der Waals surface area contributed by atoms with Gasteiger partial charge in [0.15, 0.2) is 0 Å². The average Bonchev–Trinajstić information content (AvgIpc) is 2.48. The molecule has 1 aromatic carbocycles. The van der Waals surface area contributed by atoms with Gasteiger partial charge < -0.3 is 15.1 Å². The Morgan fingerprint density at radius 1 is 1.33 bits per heavy atom. The molecule has 3 rings (SSSR count). The fourth-order valence-corrected chi connectivity index (χ4v) is 3.20. The van der Waals surface area contributed by atoms with Crippen molar-refractivity contribution in [2.45, 2.75) is 12.6 Å². The van der Waals surface area contributed by atoms with Crippen molar-refractivity contribution in [3.8, 4) is 0 Å². The van der Waals surface area contributed by atoms with Gasteiger partial charge in [0.2, 0.25) is 0 Å². The molecule has 0 bridgehead atoms. The number of nitrogens with zero attached hydrogens (tertiary/aromatic N) is 2. The Kier molecular flexibility index (Phi) is 3.95. The summed E-state index contributed by atoms with van der Waals surface area (Å²) in [4.78, 5) is 27.3. The smallest absolute Gasteiger partial charge is 0.312 e. The lowest BCUT2D eigenvalue weighted by Crippen LogP contribution is -2.65. The van der Waals surface area contributed by atoms with Gasteiger partial charge in [-0.05, 0) is 18.2 Å². The molecule has 112 valence electrons. The van der Waals surface area contributed by atoms with Crippen LogP contribution in [0.1, 0.15) is 5.56 Å². The summed E-state index contributed by atoms with van der Waals surface area (Å²) >= 11 is 3.29. The predicted molar refractivity (Wildman–Crippen MR) is 77.9 cm³/mol. The third-order valence-corrected chi connectivity index (χ3v) is 4.37. The van der Waals surface area contributed by atoms with E-state index in [1.807, 2.05) is 0 Å². The van der Waals surface area contributed by atoms with Crippen LogP contribution in [0.15, 0.2) is 22.7 Å². The second-order valence-corrected chi connectivity index (χ2v) is 6.19. The van der Waals surface area contributed by atoms with Gasteiger partial charge in [0.05, 0.1) is 6.04 Å². The van der Waals surface area contributed by atoms with E-state index >= 15 is 0 Å². The van der Waals surface area contributed by atoms with Gasteiger partial charge in [-0.2, -0.15) is 0 Å². The SMILES string of the molecule is O=C1C(=O)N2CCNCC2CN1Cc1cc(Br)ccc1F. The summed E-state index contributed by atoms with van der Waals surface area (Å²) in [6.07, 6.45) is 0. The van der Waals surface area contributed by atoms with Crippen LogP contribution in [0.3, 0.4) is 0 Å². The number of nitrogens with one attached hydrogen (secondary N) is 1. The molecule has 2 aliphatic heterocycles. The minimum absolute atomic E-state index is 0.0286. The molecule has 0 radical (unpaired) electrons. The fourth-order valence-electron chi connectivity index (χ4n) is 2.79. The number of hydrogen-bond acceptors (Lipinski definition) is 3. The largest absolute Gasteiger partial charge is 0.328 e. The zero-order valence-corrected chi connectivity index (χ0v) is 12.9. The molecule has 21 heavy (non-hydrogen) atoms. The van der Waals surface area contributed by atoms with Crippen LogP contribution in [0.4, 0.5) is 4.39 Å². The molecule has 1 atom stereocenters. The van der Waals surface area contributed by atoms with E-state index in [0.717, 1.165) is 4.47 Å². The Hall–Kier alpha value is -1.47. The molecule has 0 saturated carbocycles. The molecule has 0 aliphatic carbocycles. The van der Waals surface area contributed by atoms with Gasteiger partial charge in [0.25, 0.3) is 0 Å².